The van der Waals surface area contributed by atoms with Gasteiger partial charge < -0.3 is 15.2 Å². The van der Waals surface area contributed by atoms with Crippen molar-refractivity contribution < 1.29 is 4.79 Å². The zero-order valence-electron chi connectivity index (χ0n) is 12.4. The number of H-pyrrole nitrogens is 1. The minimum absolute atomic E-state index is 0.184. The van der Waals surface area contributed by atoms with E-state index in [-0.39, 0.29) is 11.6 Å². The van der Waals surface area contributed by atoms with E-state index >= 15 is 0 Å². The Morgan fingerprint density at radius 2 is 2.00 bits per heavy atom. The summed E-state index contributed by atoms with van der Waals surface area (Å²) in [5.74, 6) is -0.337. The molecule has 0 aliphatic heterocycles. The number of aromatic nitrogens is 2. The van der Waals surface area contributed by atoms with Gasteiger partial charge in [-0.25, -0.2) is 4.79 Å². The normalized spacial score (nSPS) is 10.7. The van der Waals surface area contributed by atoms with Crippen molar-refractivity contribution in [2.75, 3.05) is 27.2 Å². The number of rotatable bonds is 5. The highest BCUT2D eigenvalue weighted by Crippen LogP contribution is 2.18. The summed E-state index contributed by atoms with van der Waals surface area (Å²) in [6.07, 6.45) is 0. The van der Waals surface area contributed by atoms with Gasteiger partial charge in [0.1, 0.15) is 5.69 Å². The van der Waals surface area contributed by atoms with Crippen LogP contribution in [0.4, 0.5) is 0 Å². The third-order valence-corrected chi connectivity index (χ3v) is 3.23. The molecule has 7 heteroatoms. The fourth-order valence-electron chi connectivity index (χ4n) is 1.84. The van der Waals surface area contributed by atoms with Crippen molar-refractivity contribution >= 4 is 17.5 Å². The Bertz CT molecular complexity index is 710. The molecule has 1 aromatic carbocycles. The van der Waals surface area contributed by atoms with Crippen LogP contribution in [0.25, 0.3) is 11.3 Å². The highest BCUT2D eigenvalue weighted by molar-refractivity contribution is 6.30. The monoisotopic (exact) mass is 320 g/mol. The van der Waals surface area contributed by atoms with Gasteiger partial charge in [0.25, 0.3) is 5.91 Å². The average Bonchev–Trinajstić information content (AvgIpc) is 2.46. The first-order valence-corrected chi connectivity index (χ1v) is 7.14. The van der Waals surface area contributed by atoms with Crippen LogP contribution in [0.3, 0.4) is 0 Å². The molecule has 0 atom stereocenters. The summed E-state index contributed by atoms with van der Waals surface area (Å²) >= 11 is 5.84. The van der Waals surface area contributed by atoms with Crippen LogP contribution >= 0.6 is 11.6 Å². The Balaban J connectivity index is 2.21. The van der Waals surface area contributed by atoms with Crippen LogP contribution in [-0.4, -0.2) is 48.0 Å². The molecule has 1 amide bonds. The van der Waals surface area contributed by atoms with Crippen LogP contribution in [0.5, 0.6) is 0 Å². The second kappa shape index (κ2) is 7.20. The van der Waals surface area contributed by atoms with Crippen LogP contribution in [0.2, 0.25) is 5.02 Å². The van der Waals surface area contributed by atoms with E-state index in [0.29, 0.717) is 23.8 Å². The number of likely N-dealkylation sites (N-methyl/N-ethyl adjacent to an activating group) is 1. The minimum Gasteiger partial charge on any atom is -0.349 e. The first-order chi connectivity index (χ1) is 10.5. The molecular weight excluding hydrogens is 304 g/mol. The highest BCUT2D eigenvalue weighted by Gasteiger charge is 2.10. The minimum atomic E-state index is -0.565. The lowest BCUT2D eigenvalue weighted by Crippen LogP contribution is -2.33. The summed E-state index contributed by atoms with van der Waals surface area (Å²) in [6, 6.07) is 8.46. The van der Waals surface area contributed by atoms with Gasteiger partial charge in [0, 0.05) is 23.7 Å². The maximum absolute atomic E-state index is 12.1. The summed E-state index contributed by atoms with van der Waals surface area (Å²) < 4.78 is 0. The van der Waals surface area contributed by atoms with E-state index < -0.39 is 5.69 Å². The topological polar surface area (TPSA) is 78.1 Å². The highest BCUT2D eigenvalue weighted by atomic mass is 35.5. The van der Waals surface area contributed by atoms with E-state index in [0.717, 1.165) is 5.56 Å². The zero-order chi connectivity index (χ0) is 16.1. The van der Waals surface area contributed by atoms with Gasteiger partial charge in [0.2, 0.25) is 0 Å². The fourth-order valence-corrected chi connectivity index (χ4v) is 1.96. The first-order valence-electron chi connectivity index (χ1n) is 6.76. The van der Waals surface area contributed by atoms with Gasteiger partial charge in [0.05, 0.1) is 5.69 Å². The zero-order valence-corrected chi connectivity index (χ0v) is 13.1. The Morgan fingerprint density at radius 1 is 1.32 bits per heavy atom. The molecular formula is C15H17ClN4O2. The van der Waals surface area contributed by atoms with Gasteiger partial charge >= 0.3 is 5.69 Å². The Labute approximate surface area is 133 Å². The molecule has 2 N–H and O–H groups in total. The van der Waals surface area contributed by atoms with Gasteiger partial charge in [-0.05, 0) is 32.3 Å². The van der Waals surface area contributed by atoms with Gasteiger partial charge in [-0.2, -0.15) is 4.98 Å². The molecule has 6 nitrogen and oxygen atoms in total. The van der Waals surface area contributed by atoms with E-state index in [9.17, 15) is 9.59 Å². The maximum Gasteiger partial charge on any atom is 0.346 e. The molecule has 116 valence electrons. The number of carbonyl (C=O) groups excluding carboxylic acids is 1. The lowest BCUT2D eigenvalue weighted by molar-refractivity contribution is 0.0945. The Morgan fingerprint density at radius 3 is 2.64 bits per heavy atom. The van der Waals surface area contributed by atoms with E-state index in [4.69, 9.17) is 11.6 Å². The molecule has 0 saturated heterocycles. The number of carbonyl (C=O) groups is 1. The maximum atomic E-state index is 12.1. The van der Waals surface area contributed by atoms with Crippen molar-refractivity contribution in [2.45, 2.75) is 0 Å². The third-order valence-electron chi connectivity index (χ3n) is 2.97. The van der Waals surface area contributed by atoms with Gasteiger partial charge in [-0.15, -0.1) is 0 Å². The molecule has 1 aromatic heterocycles. The molecule has 2 rings (SSSR count). The molecule has 22 heavy (non-hydrogen) atoms. The summed E-state index contributed by atoms with van der Waals surface area (Å²) in [6.45, 7) is 1.21. The standard InChI is InChI=1S/C15H17ClN4O2/c1-20(2)8-7-17-14(21)13-9-12(18-15(22)19-13)10-3-5-11(16)6-4-10/h3-6,9H,7-8H2,1-2H3,(H,17,21)(H,18,19,22). The third kappa shape index (κ3) is 4.41. The molecule has 0 unspecified atom stereocenters. The molecule has 0 bridgehead atoms. The second-order valence-corrected chi connectivity index (χ2v) is 5.49. The van der Waals surface area contributed by atoms with Crippen LogP contribution < -0.4 is 11.0 Å². The van der Waals surface area contributed by atoms with Crippen molar-refractivity contribution in [2.24, 2.45) is 0 Å². The Kier molecular flexibility index (Phi) is 5.30. The number of nitrogens with one attached hydrogen (secondary N) is 2. The van der Waals surface area contributed by atoms with Gasteiger partial charge in [0.15, 0.2) is 0 Å². The lowest BCUT2D eigenvalue weighted by Gasteiger charge is -2.10. The molecule has 2 aromatic rings. The van der Waals surface area contributed by atoms with Crippen LogP contribution in [0.15, 0.2) is 35.1 Å². The number of nitrogens with zero attached hydrogens (tertiary/aromatic N) is 2. The largest absolute Gasteiger partial charge is 0.349 e. The quantitative estimate of drug-likeness (QED) is 0.872. The van der Waals surface area contributed by atoms with Gasteiger partial charge in [-0.1, -0.05) is 23.7 Å². The molecule has 0 saturated carbocycles. The molecule has 0 fully saturated rings. The predicted molar refractivity (Wildman–Crippen MR) is 86.2 cm³/mol. The van der Waals surface area contributed by atoms with Crippen molar-refractivity contribution in [3.05, 3.63) is 51.5 Å². The summed E-state index contributed by atoms with van der Waals surface area (Å²) in [5, 5.41) is 3.34. The molecule has 0 aliphatic carbocycles. The van der Waals surface area contributed by atoms with E-state index in [1.165, 1.54) is 0 Å². The molecule has 0 radical (unpaired) electrons. The SMILES string of the molecule is CN(C)CCNC(=O)c1cc(-c2ccc(Cl)cc2)nc(=O)[nH]1. The van der Waals surface area contributed by atoms with Crippen LogP contribution in [-0.2, 0) is 0 Å². The van der Waals surface area contributed by atoms with Crippen molar-refractivity contribution in [3.8, 4) is 11.3 Å². The van der Waals surface area contributed by atoms with Crippen molar-refractivity contribution in [1.29, 1.82) is 0 Å². The Hall–Kier alpha value is -2.18. The number of hydrogen-bond donors (Lipinski definition) is 2. The number of halogens is 1. The number of amides is 1. The van der Waals surface area contributed by atoms with E-state index in [1.807, 2.05) is 19.0 Å². The summed E-state index contributed by atoms with van der Waals surface area (Å²) in [7, 11) is 3.83. The van der Waals surface area contributed by atoms with Gasteiger partial charge in [-0.3, -0.25) is 4.79 Å². The lowest BCUT2D eigenvalue weighted by atomic mass is 10.1. The molecule has 1 heterocycles. The smallest absolute Gasteiger partial charge is 0.346 e. The summed E-state index contributed by atoms with van der Waals surface area (Å²) in [4.78, 5) is 32.0. The number of hydrogen-bond acceptors (Lipinski definition) is 4. The average molecular weight is 321 g/mol. The van der Waals surface area contributed by atoms with Crippen molar-refractivity contribution in [3.63, 3.8) is 0 Å². The summed E-state index contributed by atoms with van der Waals surface area (Å²) in [5.41, 5.74) is 0.768. The second-order valence-electron chi connectivity index (χ2n) is 5.05. The van der Waals surface area contributed by atoms with E-state index in [2.05, 4.69) is 15.3 Å². The molecule has 0 spiro atoms. The van der Waals surface area contributed by atoms with Crippen molar-refractivity contribution in [1.82, 2.24) is 20.2 Å². The first kappa shape index (κ1) is 16.2. The molecule has 0 aliphatic rings. The predicted octanol–water partition coefficient (Wildman–Crippen LogP) is 1.38. The van der Waals surface area contributed by atoms with E-state index in [1.54, 1.807) is 30.3 Å². The van der Waals surface area contributed by atoms with Crippen LogP contribution in [0.1, 0.15) is 10.5 Å². The number of aromatic amines is 1. The van der Waals surface area contributed by atoms with Crippen LogP contribution in [0, 0.1) is 0 Å². The number of benzene rings is 1. The fraction of sp³-hybridized carbons (Fsp3) is 0.267.